The van der Waals surface area contributed by atoms with Gasteiger partial charge in [-0.25, -0.2) is 0 Å². The third-order valence-corrected chi connectivity index (χ3v) is 4.36. The van der Waals surface area contributed by atoms with Crippen LogP contribution in [0.15, 0.2) is 46.9 Å². The molecule has 1 nitrogen and oxygen atoms in total. The predicted octanol–water partition coefficient (Wildman–Crippen LogP) is 4.61. The molecule has 0 aromatic heterocycles. The Morgan fingerprint density at radius 3 is 2.30 bits per heavy atom. The maximum Gasteiger partial charge on any atom is 0.0178 e. The topological polar surface area (TPSA) is 12.0 Å². The summed E-state index contributed by atoms with van der Waals surface area (Å²) in [6.07, 6.45) is 1.08. The zero-order valence-corrected chi connectivity index (χ0v) is 14.0. The van der Waals surface area contributed by atoms with E-state index in [-0.39, 0.29) is 0 Å². The second-order valence-electron chi connectivity index (χ2n) is 5.38. The molecule has 0 aliphatic carbocycles. The van der Waals surface area contributed by atoms with Crippen LogP contribution in [0, 0.1) is 13.8 Å². The number of rotatable bonds is 5. The largest absolute Gasteiger partial charge is 0.319 e. The molecule has 1 unspecified atom stereocenters. The van der Waals surface area contributed by atoms with Gasteiger partial charge in [0.1, 0.15) is 0 Å². The molecule has 1 atom stereocenters. The summed E-state index contributed by atoms with van der Waals surface area (Å²) in [5.41, 5.74) is 5.64. The molecule has 0 amide bonds. The molecular formula is C18H22BrN. The van der Waals surface area contributed by atoms with Crippen LogP contribution >= 0.6 is 15.9 Å². The second kappa shape index (κ2) is 7.05. The fourth-order valence-electron chi connectivity index (χ4n) is 2.73. The van der Waals surface area contributed by atoms with Crippen molar-refractivity contribution in [3.05, 3.63) is 69.2 Å². The van der Waals surface area contributed by atoms with Crippen LogP contribution in [-0.2, 0) is 6.42 Å². The van der Waals surface area contributed by atoms with Gasteiger partial charge >= 0.3 is 0 Å². The molecule has 0 spiro atoms. The van der Waals surface area contributed by atoms with E-state index >= 15 is 0 Å². The minimum absolute atomic E-state index is 0.497. The molecule has 2 heteroatoms. The number of nitrogens with one attached hydrogen (secondary N) is 1. The first-order valence-electron chi connectivity index (χ1n) is 7.07. The molecule has 106 valence electrons. The molecule has 0 aliphatic rings. The molecule has 0 aliphatic heterocycles. The van der Waals surface area contributed by atoms with Gasteiger partial charge in [0, 0.05) is 16.9 Å². The molecule has 0 heterocycles. The Hall–Kier alpha value is -1.12. The Labute approximate surface area is 130 Å². The van der Waals surface area contributed by atoms with Crippen LogP contribution in [-0.4, -0.2) is 13.6 Å². The summed E-state index contributed by atoms with van der Waals surface area (Å²) >= 11 is 3.58. The molecule has 2 aromatic carbocycles. The molecular weight excluding hydrogens is 310 g/mol. The predicted molar refractivity (Wildman–Crippen MR) is 90.4 cm³/mol. The first-order chi connectivity index (χ1) is 9.61. The van der Waals surface area contributed by atoms with Gasteiger partial charge in [-0.05, 0) is 61.7 Å². The highest BCUT2D eigenvalue weighted by atomic mass is 79.9. The Morgan fingerprint density at radius 1 is 1.05 bits per heavy atom. The maximum absolute atomic E-state index is 3.58. The summed E-state index contributed by atoms with van der Waals surface area (Å²) in [5.74, 6) is 0.497. The highest BCUT2D eigenvalue weighted by Crippen LogP contribution is 2.26. The van der Waals surface area contributed by atoms with Crippen molar-refractivity contribution in [3.63, 3.8) is 0 Å². The van der Waals surface area contributed by atoms with Gasteiger partial charge in [0.15, 0.2) is 0 Å². The number of halogens is 1. The highest BCUT2D eigenvalue weighted by molar-refractivity contribution is 9.10. The summed E-state index contributed by atoms with van der Waals surface area (Å²) in [6.45, 7) is 5.41. The van der Waals surface area contributed by atoms with E-state index in [1.807, 2.05) is 7.05 Å². The lowest BCUT2D eigenvalue weighted by molar-refractivity contribution is 0.622. The number of aryl methyl sites for hydroxylation is 2. The third-order valence-electron chi connectivity index (χ3n) is 3.87. The quantitative estimate of drug-likeness (QED) is 0.843. The van der Waals surface area contributed by atoms with Crippen LogP contribution in [0.1, 0.15) is 28.2 Å². The Kier molecular flexibility index (Phi) is 5.38. The molecule has 0 radical (unpaired) electrons. The minimum atomic E-state index is 0.497. The number of hydrogen-bond acceptors (Lipinski definition) is 1. The molecule has 2 rings (SSSR count). The molecule has 0 saturated heterocycles. The van der Waals surface area contributed by atoms with E-state index < -0.39 is 0 Å². The van der Waals surface area contributed by atoms with Crippen molar-refractivity contribution in [2.45, 2.75) is 26.2 Å². The summed E-state index contributed by atoms with van der Waals surface area (Å²) in [5, 5.41) is 3.33. The Morgan fingerprint density at radius 2 is 1.70 bits per heavy atom. The summed E-state index contributed by atoms with van der Waals surface area (Å²) in [4.78, 5) is 0. The van der Waals surface area contributed by atoms with Crippen LogP contribution in [0.25, 0.3) is 0 Å². The van der Waals surface area contributed by atoms with E-state index in [1.54, 1.807) is 0 Å². The van der Waals surface area contributed by atoms with Crippen LogP contribution in [0.2, 0.25) is 0 Å². The molecule has 0 fully saturated rings. The lowest BCUT2D eigenvalue weighted by atomic mass is 9.88. The van der Waals surface area contributed by atoms with Gasteiger partial charge in [-0.2, -0.15) is 0 Å². The van der Waals surface area contributed by atoms with E-state index in [0.717, 1.165) is 17.4 Å². The Balaban J connectivity index is 2.30. The van der Waals surface area contributed by atoms with Crippen molar-refractivity contribution in [3.8, 4) is 0 Å². The third kappa shape index (κ3) is 3.71. The number of likely N-dealkylation sites (N-methyl/N-ethyl adjacent to an activating group) is 1. The van der Waals surface area contributed by atoms with Gasteiger partial charge in [-0.3, -0.25) is 0 Å². The average molecular weight is 332 g/mol. The van der Waals surface area contributed by atoms with Crippen molar-refractivity contribution >= 4 is 15.9 Å². The molecule has 2 aromatic rings. The monoisotopic (exact) mass is 331 g/mol. The summed E-state index contributed by atoms with van der Waals surface area (Å²) in [7, 11) is 2.02. The normalized spacial score (nSPS) is 12.4. The number of hydrogen-bond donors (Lipinski definition) is 1. The van der Waals surface area contributed by atoms with Gasteiger partial charge in [0.2, 0.25) is 0 Å². The molecule has 0 bridgehead atoms. The van der Waals surface area contributed by atoms with Crippen LogP contribution < -0.4 is 5.32 Å². The number of benzene rings is 2. The van der Waals surface area contributed by atoms with E-state index in [1.165, 1.54) is 22.3 Å². The smallest absolute Gasteiger partial charge is 0.0178 e. The minimum Gasteiger partial charge on any atom is -0.319 e. The first-order valence-corrected chi connectivity index (χ1v) is 7.86. The summed E-state index contributed by atoms with van der Waals surface area (Å²) in [6, 6.07) is 15.2. The molecule has 20 heavy (non-hydrogen) atoms. The van der Waals surface area contributed by atoms with Gasteiger partial charge < -0.3 is 5.32 Å². The van der Waals surface area contributed by atoms with Gasteiger partial charge in [-0.15, -0.1) is 0 Å². The van der Waals surface area contributed by atoms with E-state index in [2.05, 4.69) is 77.6 Å². The van der Waals surface area contributed by atoms with E-state index in [4.69, 9.17) is 0 Å². The average Bonchev–Trinajstić information content (AvgIpc) is 2.42. The van der Waals surface area contributed by atoms with Crippen molar-refractivity contribution in [2.24, 2.45) is 0 Å². The SMILES string of the molecule is CNCC(Cc1c(C)cccc1C)c1cccc(Br)c1. The lowest BCUT2D eigenvalue weighted by Crippen LogP contribution is -2.20. The highest BCUT2D eigenvalue weighted by Gasteiger charge is 2.14. The van der Waals surface area contributed by atoms with E-state index in [0.29, 0.717) is 5.92 Å². The van der Waals surface area contributed by atoms with E-state index in [9.17, 15) is 0 Å². The first kappa shape index (κ1) is 15.3. The second-order valence-corrected chi connectivity index (χ2v) is 6.30. The van der Waals surface area contributed by atoms with Crippen molar-refractivity contribution < 1.29 is 0 Å². The fraction of sp³-hybridized carbons (Fsp3) is 0.333. The van der Waals surface area contributed by atoms with Gasteiger partial charge in [0.25, 0.3) is 0 Å². The van der Waals surface area contributed by atoms with Gasteiger partial charge in [-0.1, -0.05) is 46.3 Å². The Bertz CT molecular complexity index is 557. The summed E-state index contributed by atoms with van der Waals surface area (Å²) < 4.78 is 1.15. The zero-order valence-electron chi connectivity index (χ0n) is 12.4. The maximum atomic E-state index is 3.58. The van der Waals surface area contributed by atoms with Gasteiger partial charge in [0.05, 0.1) is 0 Å². The van der Waals surface area contributed by atoms with Crippen LogP contribution in [0.3, 0.4) is 0 Å². The zero-order chi connectivity index (χ0) is 14.5. The standard InChI is InChI=1S/C18H22BrN/c1-13-6-4-7-14(2)18(13)11-16(12-20-3)15-8-5-9-17(19)10-15/h4-10,16,20H,11-12H2,1-3H3. The fourth-order valence-corrected chi connectivity index (χ4v) is 3.15. The molecule has 1 N–H and O–H groups in total. The van der Waals surface area contributed by atoms with Crippen molar-refractivity contribution in [1.29, 1.82) is 0 Å². The molecule has 0 saturated carbocycles. The van der Waals surface area contributed by atoms with Crippen LogP contribution in [0.4, 0.5) is 0 Å². The lowest BCUT2D eigenvalue weighted by Gasteiger charge is -2.20. The van der Waals surface area contributed by atoms with Crippen LogP contribution in [0.5, 0.6) is 0 Å². The van der Waals surface area contributed by atoms with Crippen molar-refractivity contribution in [1.82, 2.24) is 5.32 Å². The van der Waals surface area contributed by atoms with Crippen molar-refractivity contribution in [2.75, 3.05) is 13.6 Å².